The van der Waals surface area contributed by atoms with Crippen molar-refractivity contribution in [2.75, 3.05) is 5.32 Å². The highest BCUT2D eigenvalue weighted by molar-refractivity contribution is 7.13. The number of aromatic nitrogens is 1. The lowest BCUT2D eigenvalue weighted by Crippen LogP contribution is -2.28. The highest BCUT2D eigenvalue weighted by Gasteiger charge is 2.08. The van der Waals surface area contributed by atoms with E-state index in [9.17, 15) is 9.59 Å². The number of hydrogen-bond donors (Lipinski definition) is 3. The van der Waals surface area contributed by atoms with Crippen LogP contribution in [0.1, 0.15) is 16.8 Å². The quantitative estimate of drug-likeness (QED) is 0.791. The molecule has 2 amide bonds. The molecule has 0 aliphatic carbocycles. The molecular weight excluding hydrogens is 290 g/mol. The first kappa shape index (κ1) is 15.0. The van der Waals surface area contributed by atoms with Gasteiger partial charge >= 0.3 is 12.0 Å². The van der Waals surface area contributed by atoms with E-state index in [0.29, 0.717) is 10.7 Å². The fourth-order valence-electron chi connectivity index (χ4n) is 1.79. The molecule has 1 aromatic carbocycles. The van der Waals surface area contributed by atoms with Crippen LogP contribution in [0.2, 0.25) is 0 Å². The maximum atomic E-state index is 11.8. The number of rotatable bonds is 5. The van der Waals surface area contributed by atoms with Gasteiger partial charge in [-0.15, -0.1) is 11.3 Å². The van der Waals surface area contributed by atoms with Crippen LogP contribution < -0.4 is 10.6 Å². The normalized spacial score (nSPS) is 10.1. The molecule has 0 aliphatic heterocycles. The fraction of sp³-hybridized carbons (Fsp3) is 0.214. The Kier molecular flexibility index (Phi) is 4.89. The molecule has 110 valence electrons. The van der Waals surface area contributed by atoms with Crippen molar-refractivity contribution in [2.45, 2.75) is 19.9 Å². The smallest absolute Gasteiger partial charge is 0.321 e. The van der Waals surface area contributed by atoms with Gasteiger partial charge in [0.2, 0.25) is 0 Å². The standard InChI is InChI=1S/C14H15N3O3S/c1-9-8-21-14(16-9)17-13(20)15-7-11-5-3-2-4-10(11)6-12(18)19/h2-5,8H,6-7H2,1H3,(H,18,19)(H2,15,16,17,20). The van der Waals surface area contributed by atoms with Gasteiger partial charge in [0.15, 0.2) is 5.13 Å². The van der Waals surface area contributed by atoms with Gasteiger partial charge < -0.3 is 10.4 Å². The van der Waals surface area contributed by atoms with E-state index in [1.54, 1.807) is 18.2 Å². The maximum Gasteiger partial charge on any atom is 0.321 e. The summed E-state index contributed by atoms with van der Waals surface area (Å²) in [5.74, 6) is -0.898. The Labute approximate surface area is 125 Å². The summed E-state index contributed by atoms with van der Waals surface area (Å²) in [6, 6.07) is 6.76. The van der Waals surface area contributed by atoms with Crippen LogP contribution in [0.3, 0.4) is 0 Å². The van der Waals surface area contributed by atoms with Crippen LogP contribution in [-0.2, 0) is 17.8 Å². The van der Waals surface area contributed by atoms with Crippen LogP contribution in [0.4, 0.5) is 9.93 Å². The molecule has 0 fully saturated rings. The Hall–Kier alpha value is -2.41. The number of carboxylic acids is 1. The lowest BCUT2D eigenvalue weighted by molar-refractivity contribution is -0.136. The molecule has 0 saturated heterocycles. The van der Waals surface area contributed by atoms with E-state index in [-0.39, 0.29) is 19.0 Å². The van der Waals surface area contributed by atoms with Crippen molar-refractivity contribution >= 4 is 28.5 Å². The number of nitrogens with zero attached hydrogens (tertiary/aromatic N) is 1. The summed E-state index contributed by atoms with van der Waals surface area (Å²) in [7, 11) is 0. The van der Waals surface area contributed by atoms with Crippen LogP contribution in [0, 0.1) is 6.92 Å². The molecular formula is C14H15N3O3S. The van der Waals surface area contributed by atoms with E-state index in [2.05, 4.69) is 15.6 Å². The third kappa shape index (κ3) is 4.57. The number of benzene rings is 1. The van der Waals surface area contributed by atoms with Crippen molar-refractivity contribution in [3.05, 3.63) is 46.5 Å². The van der Waals surface area contributed by atoms with E-state index >= 15 is 0 Å². The van der Waals surface area contributed by atoms with Crippen molar-refractivity contribution in [3.63, 3.8) is 0 Å². The minimum absolute atomic E-state index is 0.0643. The van der Waals surface area contributed by atoms with Crippen molar-refractivity contribution in [1.29, 1.82) is 0 Å². The van der Waals surface area contributed by atoms with Gasteiger partial charge in [-0.1, -0.05) is 24.3 Å². The first-order chi connectivity index (χ1) is 10.0. The zero-order valence-corrected chi connectivity index (χ0v) is 12.2. The maximum absolute atomic E-state index is 11.8. The van der Waals surface area contributed by atoms with E-state index in [4.69, 9.17) is 5.11 Å². The number of thiazole rings is 1. The predicted octanol–water partition coefficient (Wildman–Crippen LogP) is 2.40. The van der Waals surface area contributed by atoms with E-state index < -0.39 is 5.97 Å². The average Bonchev–Trinajstić information content (AvgIpc) is 2.82. The lowest BCUT2D eigenvalue weighted by Gasteiger charge is -2.09. The van der Waals surface area contributed by atoms with Crippen molar-refractivity contribution in [3.8, 4) is 0 Å². The summed E-state index contributed by atoms with van der Waals surface area (Å²) in [6.07, 6.45) is -0.0643. The molecule has 3 N–H and O–H groups in total. The Bertz CT molecular complexity index is 654. The zero-order valence-electron chi connectivity index (χ0n) is 11.4. The molecule has 0 aliphatic rings. The van der Waals surface area contributed by atoms with Gasteiger partial charge in [0.1, 0.15) is 0 Å². The van der Waals surface area contributed by atoms with Crippen LogP contribution in [0.15, 0.2) is 29.6 Å². The van der Waals surface area contributed by atoms with Gasteiger partial charge in [0, 0.05) is 11.9 Å². The summed E-state index contributed by atoms with van der Waals surface area (Å²) < 4.78 is 0. The molecule has 0 atom stereocenters. The average molecular weight is 305 g/mol. The number of nitrogens with one attached hydrogen (secondary N) is 2. The Morgan fingerprint density at radius 3 is 2.62 bits per heavy atom. The minimum Gasteiger partial charge on any atom is -0.481 e. The number of aryl methyl sites for hydroxylation is 1. The molecule has 2 aromatic rings. The molecule has 2 rings (SSSR count). The number of carboxylic acid groups (broad SMARTS) is 1. The van der Waals surface area contributed by atoms with Gasteiger partial charge in [0.05, 0.1) is 12.1 Å². The number of urea groups is 1. The molecule has 21 heavy (non-hydrogen) atoms. The molecule has 0 saturated carbocycles. The molecule has 0 bridgehead atoms. The first-order valence-electron chi connectivity index (χ1n) is 6.30. The van der Waals surface area contributed by atoms with E-state index in [1.165, 1.54) is 11.3 Å². The number of carbonyl (C=O) groups excluding carboxylic acids is 1. The minimum atomic E-state index is -0.898. The third-order valence-corrected chi connectivity index (χ3v) is 3.61. The second kappa shape index (κ2) is 6.85. The number of hydrogen-bond acceptors (Lipinski definition) is 4. The number of amides is 2. The zero-order chi connectivity index (χ0) is 15.2. The summed E-state index contributed by atoms with van der Waals surface area (Å²) in [5, 5.41) is 16.6. The van der Waals surface area contributed by atoms with Gasteiger partial charge in [-0.25, -0.2) is 9.78 Å². The van der Waals surface area contributed by atoms with Crippen LogP contribution in [0.25, 0.3) is 0 Å². The Morgan fingerprint density at radius 2 is 2.00 bits per heavy atom. The summed E-state index contributed by atoms with van der Waals surface area (Å²) in [6.45, 7) is 2.11. The Balaban J connectivity index is 1.93. The Morgan fingerprint density at radius 1 is 1.29 bits per heavy atom. The third-order valence-electron chi connectivity index (χ3n) is 2.74. The van der Waals surface area contributed by atoms with Gasteiger partial charge in [-0.3, -0.25) is 10.1 Å². The topological polar surface area (TPSA) is 91.3 Å². The SMILES string of the molecule is Cc1csc(NC(=O)NCc2ccccc2CC(=O)O)n1. The molecule has 1 aromatic heterocycles. The van der Waals surface area contributed by atoms with Crippen molar-refractivity contribution in [1.82, 2.24) is 10.3 Å². The van der Waals surface area contributed by atoms with E-state index in [1.807, 2.05) is 18.4 Å². The predicted molar refractivity (Wildman–Crippen MR) is 80.5 cm³/mol. The highest BCUT2D eigenvalue weighted by Crippen LogP contribution is 2.14. The van der Waals surface area contributed by atoms with Crippen LogP contribution in [-0.4, -0.2) is 22.1 Å². The summed E-state index contributed by atoms with van der Waals surface area (Å²) >= 11 is 1.35. The summed E-state index contributed by atoms with van der Waals surface area (Å²) in [4.78, 5) is 26.7. The number of anilines is 1. The van der Waals surface area contributed by atoms with Crippen LogP contribution in [0.5, 0.6) is 0 Å². The molecule has 0 spiro atoms. The molecule has 7 heteroatoms. The number of carbonyl (C=O) groups is 2. The number of aliphatic carboxylic acids is 1. The van der Waals surface area contributed by atoms with Crippen LogP contribution >= 0.6 is 11.3 Å². The fourth-order valence-corrected chi connectivity index (χ4v) is 2.48. The molecule has 6 nitrogen and oxygen atoms in total. The van der Waals surface area contributed by atoms with Crippen molar-refractivity contribution in [2.24, 2.45) is 0 Å². The second-order valence-electron chi connectivity index (χ2n) is 4.44. The summed E-state index contributed by atoms with van der Waals surface area (Å²) in [5.41, 5.74) is 2.32. The molecule has 1 heterocycles. The molecule has 0 unspecified atom stereocenters. The van der Waals surface area contributed by atoms with Gasteiger partial charge in [0.25, 0.3) is 0 Å². The highest BCUT2D eigenvalue weighted by atomic mass is 32.1. The largest absolute Gasteiger partial charge is 0.481 e. The van der Waals surface area contributed by atoms with Gasteiger partial charge in [-0.05, 0) is 18.1 Å². The monoisotopic (exact) mass is 305 g/mol. The second-order valence-corrected chi connectivity index (χ2v) is 5.30. The molecule has 0 radical (unpaired) electrons. The van der Waals surface area contributed by atoms with Crippen molar-refractivity contribution < 1.29 is 14.7 Å². The lowest BCUT2D eigenvalue weighted by atomic mass is 10.0. The first-order valence-corrected chi connectivity index (χ1v) is 7.18. The van der Waals surface area contributed by atoms with E-state index in [0.717, 1.165) is 11.3 Å². The van der Waals surface area contributed by atoms with Gasteiger partial charge in [-0.2, -0.15) is 0 Å².